The van der Waals surface area contributed by atoms with Crippen LogP contribution in [0.1, 0.15) is 47.0 Å². The first-order chi connectivity index (χ1) is 8.09. The average molecular weight is 242 g/mol. The van der Waals surface area contributed by atoms with E-state index in [1.54, 1.807) is 11.8 Å². The van der Waals surface area contributed by atoms with Gasteiger partial charge in [-0.1, -0.05) is 20.8 Å². The highest BCUT2D eigenvalue weighted by Crippen LogP contribution is 2.15. The van der Waals surface area contributed by atoms with E-state index in [-0.39, 0.29) is 5.91 Å². The molecule has 1 aliphatic rings. The van der Waals surface area contributed by atoms with Gasteiger partial charge in [-0.05, 0) is 44.8 Å². The fourth-order valence-corrected chi connectivity index (χ4v) is 1.97. The van der Waals surface area contributed by atoms with Crippen LogP contribution in [0, 0.1) is 5.92 Å². The van der Waals surface area contributed by atoms with E-state index in [4.69, 9.17) is 0 Å². The zero-order chi connectivity index (χ0) is 13.3. The molecule has 0 aromatic heterocycles. The van der Waals surface area contributed by atoms with E-state index in [0.29, 0.717) is 0 Å². The lowest BCUT2D eigenvalue weighted by molar-refractivity contribution is -0.127. The van der Waals surface area contributed by atoms with E-state index in [2.05, 4.69) is 11.8 Å². The number of carbonyl (C=O) groups excluding carboxylic acids is 1. The van der Waals surface area contributed by atoms with Crippen LogP contribution in [0.2, 0.25) is 0 Å². The fourth-order valence-electron chi connectivity index (χ4n) is 1.97. The van der Waals surface area contributed by atoms with E-state index in [1.807, 2.05) is 20.9 Å². The Kier molecular flexibility index (Phi) is 9.14. The highest BCUT2D eigenvalue weighted by atomic mass is 16.2. The van der Waals surface area contributed by atoms with Gasteiger partial charge in [-0.15, -0.1) is 0 Å². The number of amides is 1. The lowest BCUT2D eigenvalue weighted by Crippen LogP contribution is -2.35. The zero-order valence-corrected chi connectivity index (χ0v) is 12.3. The third-order valence-corrected chi connectivity index (χ3v) is 3.38. The molecule has 1 fully saturated rings. The molecule has 1 amide bonds. The van der Waals surface area contributed by atoms with Crippen molar-refractivity contribution in [2.75, 3.05) is 33.2 Å². The molecule has 0 aromatic carbocycles. The third-order valence-electron chi connectivity index (χ3n) is 3.38. The molecule has 1 heterocycles. The van der Waals surface area contributed by atoms with Crippen molar-refractivity contribution in [2.45, 2.75) is 47.0 Å². The summed E-state index contributed by atoms with van der Waals surface area (Å²) in [6, 6.07) is 0. The Bertz CT molecular complexity index is 198. The molecule has 17 heavy (non-hydrogen) atoms. The summed E-state index contributed by atoms with van der Waals surface area (Å²) in [6.45, 7) is 12.5. The second-order valence-electron chi connectivity index (χ2n) is 4.82. The number of hydrogen-bond acceptors (Lipinski definition) is 2. The first-order valence-corrected chi connectivity index (χ1v) is 7.03. The zero-order valence-electron chi connectivity index (χ0n) is 12.3. The molecule has 1 aliphatic heterocycles. The minimum atomic E-state index is 0.169. The largest absolute Gasteiger partial charge is 0.346 e. The van der Waals surface area contributed by atoms with Crippen LogP contribution in [-0.2, 0) is 4.79 Å². The molecule has 0 radical (unpaired) electrons. The van der Waals surface area contributed by atoms with Gasteiger partial charge in [-0.2, -0.15) is 0 Å². The van der Waals surface area contributed by atoms with Crippen LogP contribution in [-0.4, -0.2) is 48.9 Å². The van der Waals surface area contributed by atoms with Crippen LogP contribution < -0.4 is 0 Å². The van der Waals surface area contributed by atoms with Crippen LogP contribution in [0.3, 0.4) is 0 Å². The van der Waals surface area contributed by atoms with Crippen LogP contribution in [0.15, 0.2) is 0 Å². The summed E-state index contributed by atoms with van der Waals surface area (Å²) < 4.78 is 0. The van der Waals surface area contributed by atoms with Gasteiger partial charge in [0.05, 0.1) is 0 Å². The van der Waals surface area contributed by atoms with Crippen molar-refractivity contribution in [3.8, 4) is 0 Å². The summed E-state index contributed by atoms with van der Waals surface area (Å²) in [6.07, 6.45) is 3.77. The normalized spacial score (nSPS) is 17.2. The van der Waals surface area contributed by atoms with E-state index >= 15 is 0 Å². The predicted octanol–water partition coefficient (Wildman–Crippen LogP) is 2.61. The number of likely N-dealkylation sites (tertiary alicyclic amines) is 1. The molecule has 0 atom stereocenters. The maximum absolute atomic E-state index is 11.0. The first kappa shape index (κ1) is 16.4. The molecule has 1 rings (SSSR count). The smallest absolute Gasteiger partial charge is 0.219 e. The molecule has 0 bridgehead atoms. The molecule has 0 spiro atoms. The molecule has 102 valence electrons. The standard InChI is InChI=1S/C12H24N2O.C2H6/c1-11-5-9-14(10-6-11)8-4-7-13(3)12(2)15;1-2/h11H,4-10H2,1-3H3;1-2H3. The number of rotatable bonds is 4. The molecule has 0 N–H and O–H groups in total. The lowest BCUT2D eigenvalue weighted by Gasteiger charge is -2.30. The summed E-state index contributed by atoms with van der Waals surface area (Å²) >= 11 is 0. The minimum Gasteiger partial charge on any atom is -0.346 e. The molecule has 0 saturated carbocycles. The summed E-state index contributed by atoms with van der Waals surface area (Å²) in [5.74, 6) is 1.07. The Morgan fingerprint density at radius 1 is 1.29 bits per heavy atom. The number of hydrogen-bond donors (Lipinski definition) is 0. The van der Waals surface area contributed by atoms with Crippen molar-refractivity contribution < 1.29 is 4.79 Å². The van der Waals surface area contributed by atoms with Gasteiger partial charge in [0.1, 0.15) is 0 Å². The van der Waals surface area contributed by atoms with Gasteiger partial charge >= 0.3 is 0 Å². The maximum Gasteiger partial charge on any atom is 0.219 e. The summed E-state index contributed by atoms with van der Waals surface area (Å²) in [5, 5.41) is 0. The molecule has 0 unspecified atom stereocenters. The molecular formula is C14H30N2O. The van der Waals surface area contributed by atoms with E-state index in [1.165, 1.54) is 25.9 Å². The SMILES string of the molecule is CC.CC(=O)N(C)CCCN1CCC(C)CC1. The van der Waals surface area contributed by atoms with Crippen molar-refractivity contribution in [3.63, 3.8) is 0 Å². The van der Waals surface area contributed by atoms with Gasteiger partial charge in [0.15, 0.2) is 0 Å². The summed E-state index contributed by atoms with van der Waals surface area (Å²) in [5.41, 5.74) is 0. The van der Waals surface area contributed by atoms with Gasteiger partial charge in [0.2, 0.25) is 5.91 Å². The highest BCUT2D eigenvalue weighted by Gasteiger charge is 2.15. The minimum absolute atomic E-state index is 0.169. The topological polar surface area (TPSA) is 23.6 Å². The van der Waals surface area contributed by atoms with Crippen molar-refractivity contribution in [3.05, 3.63) is 0 Å². The molecule has 1 saturated heterocycles. The quantitative estimate of drug-likeness (QED) is 0.756. The third kappa shape index (κ3) is 7.37. The van der Waals surface area contributed by atoms with Crippen molar-refractivity contribution in [1.29, 1.82) is 0 Å². The second kappa shape index (κ2) is 9.46. The van der Waals surface area contributed by atoms with Crippen LogP contribution in [0.5, 0.6) is 0 Å². The predicted molar refractivity (Wildman–Crippen MR) is 74.1 cm³/mol. The van der Waals surface area contributed by atoms with Crippen LogP contribution in [0.25, 0.3) is 0 Å². The van der Waals surface area contributed by atoms with Crippen molar-refractivity contribution >= 4 is 5.91 Å². The Balaban J connectivity index is 0.00000121. The second-order valence-corrected chi connectivity index (χ2v) is 4.82. The Morgan fingerprint density at radius 3 is 2.29 bits per heavy atom. The van der Waals surface area contributed by atoms with Gasteiger partial charge in [-0.25, -0.2) is 0 Å². The average Bonchev–Trinajstić information content (AvgIpc) is 2.34. The Labute approximate surface area is 107 Å². The monoisotopic (exact) mass is 242 g/mol. The van der Waals surface area contributed by atoms with Crippen LogP contribution >= 0.6 is 0 Å². The van der Waals surface area contributed by atoms with Crippen LogP contribution in [0.4, 0.5) is 0 Å². The van der Waals surface area contributed by atoms with Crippen molar-refractivity contribution in [1.82, 2.24) is 9.80 Å². The van der Waals surface area contributed by atoms with Gasteiger partial charge < -0.3 is 9.80 Å². The number of piperidine rings is 1. The molecule has 0 aliphatic carbocycles. The Morgan fingerprint density at radius 2 is 1.82 bits per heavy atom. The molecule has 0 aromatic rings. The molecule has 3 heteroatoms. The summed E-state index contributed by atoms with van der Waals surface area (Å²) in [7, 11) is 1.88. The maximum atomic E-state index is 11.0. The van der Waals surface area contributed by atoms with Gasteiger partial charge in [0, 0.05) is 20.5 Å². The van der Waals surface area contributed by atoms with E-state index < -0.39 is 0 Å². The van der Waals surface area contributed by atoms with E-state index in [0.717, 1.165) is 25.4 Å². The number of carbonyl (C=O) groups is 1. The first-order valence-electron chi connectivity index (χ1n) is 7.03. The lowest BCUT2D eigenvalue weighted by atomic mass is 9.99. The Hall–Kier alpha value is -0.570. The highest BCUT2D eigenvalue weighted by molar-refractivity contribution is 5.72. The van der Waals surface area contributed by atoms with Gasteiger partial charge in [0.25, 0.3) is 0 Å². The van der Waals surface area contributed by atoms with E-state index in [9.17, 15) is 4.79 Å². The number of nitrogens with zero attached hydrogens (tertiary/aromatic N) is 2. The van der Waals surface area contributed by atoms with Gasteiger partial charge in [-0.3, -0.25) is 4.79 Å². The fraction of sp³-hybridized carbons (Fsp3) is 0.929. The molecule has 3 nitrogen and oxygen atoms in total. The van der Waals surface area contributed by atoms with Crippen molar-refractivity contribution in [2.24, 2.45) is 5.92 Å². The summed E-state index contributed by atoms with van der Waals surface area (Å²) in [4.78, 5) is 15.3. The molecular weight excluding hydrogens is 212 g/mol.